The van der Waals surface area contributed by atoms with Gasteiger partial charge in [-0.05, 0) is 31.7 Å². The van der Waals surface area contributed by atoms with Crippen molar-refractivity contribution in [2.45, 2.75) is 38.1 Å². The van der Waals surface area contributed by atoms with E-state index in [9.17, 15) is 5.11 Å². The SMILES string of the molecule is OCC1CCn2c(nnc2C2CCCNC2)C1. The van der Waals surface area contributed by atoms with Gasteiger partial charge in [-0.15, -0.1) is 10.2 Å². The first-order valence-electron chi connectivity index (χ1n) is 6.62. The summed E-state index contributed by atoms with van der Waals surface area (Å²) in [5.74, 6) is 3.12. The summed E-state index contributed by atoms with van der Waals surface area (Å²) in [5, 5.41) is 21.3. The van der Waals surface area contributed by atoms with Crippen molar-refractivity contribution in [1.82, 2.24) is 20.1 Å². The molecule has 0 spiro atoms. The fraction of sp³-hybridized carbons (Fsp3) is 0.833. The Hall–Kier alpha value is -0.940. The highest BCUT2D eigenvalue weighted by Gasteiger charge is 2.27. The molecule has 0 aromatic carbocycles. The van der Waals surface area contributed by atoms with Crippen LogP contribution in [0.3, 0.4) is 0 Å². The van der Waals surface area contributed by atoms with Crippen LogP contribution in [0.15, 0.2) is 0 Å². The molecule has 1 saturated heterocycles. The molecule has 0 bridgehead atoms. The minimum Gasteiger partial charge on any atom is -0.396 e. The fourth-order valence-corrected chi connectivity index (χ4v) is 2.95. The molecular formula is C12H20N4O. The number of nitrogens with one attached hydrogen (secondary N) is 1. The number of hydrogen-bond acceptors (Lipinski definition) is 4. The molecule has 1 aromatic rings. The average Bonchev–Trinajstić information content (AvgIpc) is 2.82. The van der Waals surface area contributed by atoms with Crippen LogP contribution in [-0.4, -0.2) is 39.6 Å². The molecular weight excluding hydrogens is 216 g/mol. The highest BCUT2D eigenvalue weighted by Crippen LogP contribution is 2.26. The molecule has 17 heavy (non-hydrogen) atoms. The first kappa shape index (κ1) is 11.2. The number of aromatic nitrogens is 3. The Bertz CT molecular complexity index is 384. The summed E-state index contributed by atoms with van der Waals surface area (Å²) in [4.78, 5) is 0. The Labute approximate surface area is 101 Å². The first-order valence-corrected chi connectivity index (χ1v) is 6.62. The second-order valence-corrected chi connectivity index (χ2v) is 5.21. The smallest absolute Gasteiger partial charge is 0.137 e. The third kappa shape index (κ3) is 2.09. The van der Waals surface area contributed by atoms with E-state index < -0.39 is 0 Å². The van der Waals surface area contributed by atoms with Gasteiger partial charge in [-0.25, -0.2) is 0 Å². The van der Waals surface area contributed by atoms with E-state index in [-0.39, 0.29) is 6.61 Å². The van der Waals surface area contributed by atoms with Crippen molar-refractivity contribution in [1.29, 1.82) is 0 Å². The zero-order valence-electron chi connectivity index (χ0n) is 10.1. The summed E-state index contributed by atoms with van der Waals surface area (Å²) >= 11 is 0. The van der Waals surface area contributed by atoms with E-state index >= 15 is 0 Å². The lowest BCUT2D eigenvalue weighted by molar-refractivity contribution is 0.198. The van der Waals surface area contributed by atoms with Crippen LogP contribution in [-0.2, 0) is 13.0 Å². The molecule has 0 radical (unpaired) electrons. The topological polar surface area (TPSA) is 63.0 Å². The molecule has 3 heterocycles. The number of nitrogens with zero attached hydrogens (tertiary/aromatic N) is 3. The molecule has 5 nitrogen and oxygen atoms in total. The van der Waals surface area contributed by atoms with Crippen molar-refractivity contribution < 1.29 is 5.11 Å². The zero-order valence-corrected chi connectivity index (χ0v) is 10.1. The maximum atomic E-state index is 9.20. The summed E-state index contributed by atoms with van der Waals surface area (Å²) in [5.41, 5.74) is 0. The van der Waals surface area contributed by atoms with Gasteiger partial charge >= 0.3 is 0 Å². The molecule has 0 saturated carbocycles. The molecule has 94 valence electrons. The molecule has 2 aliphatic heterocycles. The average molecular weight is 236 g/mol. The van der Waals surface area contributed by atoms with E-state index in [0.717, 1.165) is 44.1 Å². The van der Waals surface area contributed by atoms with Crippen molar-refractivity contribution in [2.24, 2.45) is 5.92 Å². The van der Waals surface area contributed by atoms with Gasteiger partial charge in [0, 0.05) is 32.0 Å². The van der Waals surface area contributed by atoms with Crippen molar-refractivity contribution in [3.05, 3.63) is 11.6 Å². The number of hydrogen-bond donors (Lipinski definition) is 2. The molecule has 2 atom stereocenters. The lowest BCUT2D eigenvalue weighted by atomic mass is 9.96. The van der Waals surface area contributed by atoms with Crippen LogP contribution in [0.4, 0.5) is 0 Å². The van der Waals surface area contributed by atoms with E-state index in [1.54, 1.807) is 0 Å². The third-order valence-electron chi connectivity index (χ3n) is 4.01. The molecule has 2 aliphatic rings. The predicted molar refractivity (Wildman–Crippen MR) is 63.8 cm³/mol. The van der Waals surface area contributed by atoms with Crippen LogP contribution in [0.2, 0.25) is 0 Å². The monoisotopic (exact) mass is 236 g/mol. The molecule has 0 aliphatic carbocycles. The van der Waals surface area contributed by atoms with E-state index in [1.165, 1.54) is 12.8 Å². The van der Waals surface area contributed by atoms with Gasteiger partial charge in [0.2, 0.25) is 0 Å². The van der Waals surface area contributed by atoms with Gasteiger partial charge in [-0.1, -0.05) is 0 Å². The second-order valence-electron chi connectivity index (χ2n) is 5.21. The number of aliphatic hydroxyl groups is 1. The number of aliphatic hydroxyl groups excluding tert-OH is 1. The Balaban J connectivity index is 1.80. The van der Waals surface area contributed by atoms with Gasteiger partial charge in [-0.3, -0.25) is 0 Å². The van der Waals surface area contributed by atoms with Crippen molar-refractivity contribution in [2.75, 3.05) is 19.7 Å². The van der Waals surface area contributed by atoms with E-state index in [2.05, 4.69) is 20.1 Å². The van der Waals surface area contributed by atoms with Crippen LogP contribution < -0.4 is 5.32 Å². The Morgan fingerprint density at radius 2 is 2.29 bits per heavy atom. The van der Waals surface area contributed by atoms with Gasteiger partial charge in [0.25, 0.3) is 0 Å². The zero-order chi connectivity index (χ0) is 11.7. The number of rotatable bonds is 2. The fourth-order valence-electron chi connectivity index (χ4n) is 2.95. The van der Waals surface area contributed by atoms with Crippen LogP contribution >= 0.6 is 0 Å². The summed E-state index contributed by atoms with van der Waals surface area (Å²) in [7, 11) is 0. The Morgan fingerprint density at radius 3 is 3.06 bits per heavy atom. The van der Waals surface area contributed by atoms with Crippen LogP contribution in [0.1, 0.15) is 36.8 Å². The maximum absolute atomic E-state index is 9.20. The van der Waals surface area contributed by atoms with Crippen molar-refractivity contribution in [3.63, 3.8) is 0 Å². The largest absolute Gasteiger partial charge is 0.396 e. The quantitative estimate of drug-likeness (QED) is 0.775. The van der Waals surface area contributed by atoms with Crippen LogP contribution in [0.5, 0.6) is 0 Å². The molecule has 3 rings (SSSR count). The molecule has 2 unspecified atom stereocenters. The molecule has 1 fully saturated rings. The third-order valence-corrected chi connectivity index (χ3v) is 4.01. The highest BCUT2D eigenvalue weighted by molar-refractivity contribution is 5.06. The summed E-state index contributed by atoms with van der Waals surface area (Å²) in [6.07, 6.45) is 4.37. The summed E-state index contributed by atoms with van der Waals surface area (Å²) in [6.45, 7) is 3.40. The van der Waals surface area contributed by atoms with Crippen LogP contribution in [0, 0.1) is 5.92 Å². The molecule has 0 amide bonds. The lowest BCUT2D eigenvalue weighted by Gasteiger charge is -2.26. The first-order chi connectivity index (χ1) is 8.38. The summed E-state index contributed by atoms with van der Waals surface area (Å²) < 4.78 is 2.28. The van der Waals surface area contributed by atoms with Crippen molar-refractivity contribution >= 4 is 0 Å². The minimum atomic E-state index is 0.271. The molecule has 2 N–H and O–H groups in total. The van der Waals surface area contributed by atoms with E-state index in [0.29, 0.717) is 11.8 Å². The van der Waals surface area contributed by atoms with Crippen LogP contribution in [0.25, 0.3) is 0 Å². The predicted octanol–water partition coefficient (Wildman–Crippen LogP) is 0.300. The highest BCUT2D eigenvalue weighted by atomic mass is 16.3. The standard InChI is InChI=1S/C12H20N4O/c17-8-9-3-5-16-11(6-9)14-15-12(16)10-2-1-4-13-7-10/h9-10,13,17H,1-8H2. The van der Waals surface area contributed by atoms with Crippen molar-refractivity contribution in [3.8, 4) is 0 Å². The van der Waals surface area contributed by atoms with E-state index in [1.807, 2.05) is 0 Å². The lowest BCUT2D eigenvalue weighted by Crippen LogP contribution is -2.31. The Morgan fingerprint density at radius 1 is 1.35 bits per heavy atom. The van der Waals surface area contributed by atoms with Gasteiger partial charge in [0.1, 0.15) is 11.6 Å². The van der Waals surface area contributed by atoms with Gasteiger partial charge < -0.3 is 15.0 Å². The summed E-state index contributed by atoms with van der Waals surface area (Å²) in [6, 6.07) is 0. The maximum Gasteiger partial charge on any atom is 0.137 e. The van der Waals surface area contributed by atoms with E-state index in [4.69, 9.17) is 0 Å². The number of fused-ring (bicyclic) bond motifs is 1. The van der Waals surface area contributed by atoms with Gasteiger partial charge in [0.15, 0.2) is 0 Å². The molecule has 5 heteroatoms. The molecule has 1 aromatic heterocycles. The normalized spacial score (nSPS) is 29.0. The second kappa shape index (κ2) is 4.74. The van der Waals surface area contributed by atoms with Gasteiger partial charge in [-0.2, -0.15) is 0 Å². The number of piperidine rings is 1. The minimum absolute atomic E-state index is 0.271. The Kier molecular flexibility index (Phi) is 3.11. The van der Waals surface area contributed by atoms with Gasteiger partial charge in [0.05, 0.1) is 0 Å².